The van der Waals surface area contributed by atoms with Gasteiger partial charge in [0.2, 0.25) is 0 Å². The van der Waals surface area contributed by atoms with Crippen molar-refractivity contribution in [2.75, 3.05) is 19.8 Å². The first-order chi connectivity index (χ1) is 12.1. The van der Waals surface area contributed by atoms with Crippen LogP contribution >= 0.6 is 46.6 Å². The maximum absolute atomic E-state index is 12.5. The standard InChI is InChI=1S/C17H14Cl3F3N2S/c1-25(2)16(10-3-5-11(18)6-4-10)24-14-8-15(13(20)7-12(14)19)26-9-17(21,22)23/h3-8H,9H2,1-2H3/b24-16-. The van der Waals surface area contributed by atoms with E-state index in [1.54, 1.807) is 43.3 Å². The molecule has 0 aromatic heterocycles. The Hall–Kier alpha value is -1.08. The van der Waals surface area contributed by atoms with Crippen LogP contribution in [0.1, 0.15) is 5.56 Å². The Balaban J connectivity index is 2.44. The Morgan fingerprint density at radius 3 is 2.19 bits per heavy atom. The molecule has 0 saturated carbocycles. The molecule has 0 radical (unpaired) electrons. The SMILES string of the molecule is CN(C)/C(=N\c1cc(SCC(F)(F)F)c(Cl)cc1Cl)c1ccc(Cl)cc1. The minimum Gasteiger partial charge on any atom is -0.362 e. The number of aliphatic imine (C=N–C) groups is 1. The average Bonchev–Trinajstić information content (AvgIpc) is 2.53. The van der Waals surface area contributed by atoms with Crippen LogP contribution in [-0.4, -0.2) is 36.8 Å². The maximum Gasteiger partial charge on any atom is 0.398 e. The number of nitrogens with zero attached hydrogens (tertiary/aromatic N) is 2. The summed E-state index contributed by atoms with van der Waals surface area (Å²) in [5, 5.41) is 0.989. The second kappa shape index (κ2) is 8.74. The van der Waals surface area contributed by atoms with Crippen molar-refractivity contribution in [3.8, 4) is 0 Å². The summed E-state index contributed by atoms with van der Waals surface area (Å²) in [6.45, 7) is 0. The predicted molar refractivity (Wildman–Crippen MR) is 105 cm³/mol. The number of benzene rings is 2. The number of halogens is 6. The molecule has 0 saturated heterocycles. The Morgan fingerprint density at radius 1 is 1.04 bits per heavy atom. The number of rotatable bonds is 4. The van der Waals surface area contributed by atoms with Crippen molar-refractivity contribution < 1.29 is 13.2 Å². The van der Waals surface area contributed by atoms with E-state index in [-0.39, 0.29) is 14.9 Å². The van der Waals surface area contributed by atoms with Crippen LogP contribution in [0.3, 0.4) is 0 Å². The van der Waals surface area contributed by atoms with Crippen molar-refractivity contribution in [3.05, 3.63) is 57.0 Å². The molecular weight excluding hydrogens is 428 g/mol. The summed E-state index contributed by atoms with van der Waals surface area (Å²) in [5.74, 6) is -0.465. The summed E-state index contributed by atoms with van der Waals surface area (Å²) in [6.07, 6.45) is -4.30. The molecule has 0 N–H and O–H groups in total. The third-order valence-corrected chi connectivity index (χ3v) is 5.24. The Kier molecular flexibility index (Phi) is 7.13. The lowest BCUT2D eigenvalue weighted by Gasteiger charge is -2.17. The van der Waals surface area contributed by atoms with E-state index < -0.39 is 11.9 Å². The van der Waals surface area contributed by atoms with Gasteiger partial charge in [0.05, 0.1) is 21.5 Å². The molecule has 0 amide bonds. The van der Waals surface area contributed by atoms with Gasteiger partial charge in [-0.1, -0.05) is 34.8 Å². The highest BCUT2D eigenvalue weighted by atomic mass is 35.5. The minimum absolute atomic E-state index is 0.154. The van der Waals surface area contributed by atoms with Gasteiger partial charge >= 0.3 is 6.18 Å². The van der Waals surface area contributed by atoms with E-state index in [1.807, 2.05) is 0 Å². The first kappa shape index (κ1) is 21.2. The molecule has 0 bridgehead atoms. The second-order valence-electron chi connectivity index (χ2n) is 5.47. The van der Waals surface area contributed by atoms with E-state index in [0.717, 1.165) is 5.56 Å². The van der Waals surface area contributed by atoms with Crippen LogP contribution in [0.4, 0.5) is 18.9 Å². The van der Waals surface area contributed by atoms with Gasteiger partial charge in [-0.15, -0.1) is 11.8 Å². The van der Waals surface area contributed by atoms with Crippen LogP contribution in [0.15, 0.2) is 46.3 Å². The summed E-state index contributed by atoms with van der Waals surface area (Å²) in [5.41, 5.74) is 1.12. The topological polar surface area (TPSA) is 15.6 Å². The van der Waals surface area contributed by atoms with Crippen molar-refractivity contribution in [3.63, 3.8) is 0 Å². The highest BCUT2D eigenvalue weighted by Gasteiger charge is 2.28. The van der Waals surface area contributed by atoms with Crippen LogP contribution < -0.4 is 0 Å². The zero-order valence-electron chi connectivity index (χ0n) is 13.7. The van der Waals surface area contributed by atoms with Gasteiger partial charge in [-0.3, -0.25) is 0 Å². The van der Waals surface area contributed by atoms with Gasteiger partial charge in [-0.05, 0) is 36.4 Å². The number of amidine groups is 1. The molecule has 2 nitrogen and oxygen atoms in total. The lowest BCUT2D eigenvalue weighted by molar-refractivity contribution is -0.105. The zero-order chi connectivity index (χ0) is 19.5. The molecule has 0 spiro atoms. The summed E-state index contributed by atoms with van der Waals surface area (Å²) in [7, 11) is 3.60. The fourth-order valence-corrected chi connectivity index (χ4v) is 3.44. The smallest absolute Gasteiger partial charge is 0.362 e. The molecule has 0 fully saturated rings. The number of alkyl halides is 3. The third-order valence-electron chi connectivity index (χ3n) is 3.15. The predicted octanol–water partition coefficient (Wildman–Crippen LogP) is 6.94. The highest BCUT2D eigenvalue weighted by Crippen LogP contribution is 2.38. The van der Waals surface area contributed by atoms with Gasteiger partial charge in [0.25, 0.3) is 0 Å². The van der Waals surface area contributed by atoms with Gasteiger partial charge in [-0.25, -0.2) is 4.99 Å². The normalized spacial score (nSPS) is 12.4. The van der Waals surface area contributed by atoms with E-state index in [1.165, 1.54) is 12.1 Å². The largest absolute Gasteiger partial charge is 0.398 e. The van der Waals surface area contributed by atoms with E-state index >= 15 is 0 Å². The molecule has 0 aliphatic carbocycles. The van der Waals surface area contributed by atoms with Crippen molar-refractivity contribution >= 4 is 58.1 Å². The third kappa shape index (κ3) is 5.98. The second-order valence-corrected chi connectivity index (χ2v) is 7.74. The minimum atomic E-state index is -4.30. The maximum atomic E-state index is 12.5. The van der Waals surface area contributed by atoms with Crippen LogP contribution in [0, 0.1) is 0 Å². The van der Waals surface area contributed by atoms with Gasteiger partial charge in [-0.2, -0.15) is 13.2 Å². The summed E-state index contributed by atoms with van der Waals surface area (Å²) in [6, 6.07) is 9.90. The molecule has 2 aromatic carbocycles. The first-order valence-corrected chi connectivity index (χ1v) is 9.39. The molecule has 0 unspecified atom stereocenters. The van der Waals surface area contributed by atoms with Crippen LogP contribution in [0.25, 0.3) is 0 Å². The molecule has 140 valence electrons. The number of hydrogen-bond donors (Lipinski definition) is 0. The van der Waals surface area contributed by atoms with Crippen LogP contribution in [-0.2, 0) is 0 Å². The molecule has 2 rings (SSSR count). The van der Waals surface area contributed by atoms with Gasteiger partial charge < -0.3 is 4.90 Å². The van der Waals surface area contributed by atoms with Crippen molar-refractivity contribution in [1.82, 2.24) is 4.90 Å². The Morgan fingerprint density at radius 2 is 1.65 bits per heavy atom. The quantitative estimate of drug-likeness (QED) is 0.290. The molecule has 0 aliphatic heterocycles. The molecule has 9 heteroatoms. The monoisotopic (exact) mass is 440 g/mol. The Bertz CT molecular complexity index is 806. The molecule has 26 heavy (non-hydrogen) atoms. The van der Waals surface area contributed by atoms with Crippen molar-refractivity contribution in [1.29, 1.82) is 0 Å². The Labute approximate surface area is 168 Å². The fourth-order valence-electron chi connectivity index (χ4n) is 2.01. The van der Waals surface area contributed by atoms with Crippen molar-refractivity contribution in [2.45, 2.75) is 11.1 Å². The summed E-state index contributed by atoms with van der Waals surface area (Å²) in [4.78, 5) is 6.56. The molecule has 0 aliphatic rings. The molecule has 0 atom stereocenters. The van der Waals surface area contributed by atoms with Crippen LogP contribution in [0.5, 0.6) is 0 Å². The average molecular weight is 442 g/mol. The van der Waals surface area contributed by atoms with Crippen LogP contribution in [0.2, 0.25) is 15.1 Å². The van der Waals surface area contributed by atoms with Gasteiger partial charge in [0.1, 0.15) is 5.84 Å². The lowest BCUT2D eigenvalue weighted by atomic mass is 10.2. The van der Waals surface area contributed by atoms with E-state index in [4.69, 9.17) is 34.8 Å². The highest BCUT2D eigenvalue weighted by molar-refractivity contribution is 7.99. The molecular formula is C17H14Cl3F3N2S. The summed E-state index contributed by atoms with van der Waals surface area (Å²) < 4.78 is 37.5. The number of hydrogen-bond acceptors (Lipinski definition) is 2. The molecule has 0 heterocycles. The zero-order valence-corrected chi connectivity index (χ0v) is 16.8. The fraction of sp³-hybridized carbons (Fsp3) is 0.235. The number of thioether (sulfide) groups is 1. The van der Waals surface area contributed by atoms with E-state index in [2.05, 4.69) is 4.99 Å². The first-order valence-electron chi connectivity index (χ1n) is 7.27. The summed E-state index contributed by atoms with van der Waals surface area (Å²) >= 11 is 18.7. The molecule has 2 aromatic rings. The van der Waals surface area contributed by atoms with Gasteiger partial charge in [0.15, 0.2) is 0 Å². The van der Waals surface area contributed by atoms with Crippen molar-refractivity contribution in [2.24, 2.45) is 4.99 Å². The van der Waals surface area contributed by atoms with Gasteiger partial charge in [0, 0.05) is 29.6 Å². The lowest BCUT2D eigenvalue weighted by Crippen LogP contribution is -2.22. The van der Waals surface area contributed by atoms with E-state index in [0.29, 0.717) is 28.3 Å². The van der Waals surface area contributed by atoms with E-state index in [9.17, 15) is 13.2 Å².